The van der Waals surface area contributed by atoms with Crippen LogP contribution in [0.5, 0.6) is 11.5 Å². The lowest BCUT2D eigenvalue weighted by molar-refractivity contribution is -0.122. The summed E-state index contributed by atoms with van der Waals surface area (Å²) in [6.07, 6.45) is 1.44. The predicted octanol–water partition coefficient (Wildman–Crippen LogP) is 1.70. The number of phenolic OH excluding ortho intramolecular Hbond substituents is 1. The Morgan fingerprint density at radius 1 is 1.35 bits per heavy atom. The zero-order chi connectivity index (χ0) is 14.7. The molecule has 6 nitrogen and oxygen atoms in total. The molecule has 0 spiro atoms. The summed E-state index contributed by atoms with van der Waals surface area (Å²) in [4.78, 5) is 24.6. The van der Waals surface area contributed by atoms with Crippen molar-refractivity contribution in [1.82, 2.24) is 10.2 Å². The first-order chi connectivity index (χ1) is 9.58. The van der Waals surface area contributed by atoms with Crippen molar-refractivity contribution in [2.24, 2.45) is 0 Å². The molecular formula is C14H16N2O4. The minimum absolute atomic E-state index is 0.0566. The van der Waals surface area contributed by atoms with Crippen LogP contribution in [0.4, 0.5) is 4.79 Å². The summed E-state index contributed by atoms with van der Waals surface area (Å²) in [6.45, 7) is 4.25. The Labute approximate surface area is 116 Å². The molecule has 2 rings (SSSR count). The number of nitrogens with zero attached hydrogens (tertiary/aromatic N) is 1. The zero-order valence-corrected chi connectivity index (χ0v) is 11.3. The van der Waals surface area contributed by atoms with Crippen molar-refractivity contribution in [3.63, 3.8) is 0 Å². The van der Waals surface area contributed by atoms with E-state index >= 15 is 0 Å². The van der Waals surface area contributed by atoms with Crippen LogP contribution in [0.2, 0.25) is 0 Å². The fourth-order valence-electron chi connectivity index (χ4n) is 1.94. The van der Waals surface area contributed by atoms with Crippen LogP contribution in [-0.2, 0) is 4.79 Å². The summed E-state index contributed by atoms with van der Waals surface area (Å²) < 4.78 is 5.27. The van der Waals surface area contributed by atoms with Crippen molar-refractivity contribution in [2.75, 3.05) is 13.2 Å². The van der Waals surface area contributed by atoms with Crippen molar-refractivity contribution in [1.29, 1.82) is 0 Å². The predicted molar refractivity (Wildman–Crippen MR) is 73.2 cm³/mol. The molecule has 2 N–H and O–H groups in total. The number of para-hydroxylation sites is 1. The van der Waals surface area contributed by atoms with E-state index in [0.717, 1.165) is 4.90 Å². The number of imide groups is 1. The number of urea groups is 1. The lowest BCUT2D eigenvalue weighted by Crippen LogP contribution is -2.30. The van der Waals surface area contributed by atoms with Crippen molar-refractivity contribution in [3.8, 4) is 11.5 Å². The standard InChI is InChI=1S/C14H16N2O4/c1-3-16-13(18)10(15-14(16)19)8-9-6-5-7-11(12(9)17)20-4-2/h5-8,17H,3-4H2,1-2H3,(H,15,19)/b10-8+. The average molecular weight is 276 g/mol. The molecule has 1 aromatic rings. The molecule has 0 unspecified atom stereocenters. The highest BCUT2D eigenvalue weighted by molar-refractivity contribution is 6.14. The highest BCUT2D eigenvalue weighted by Crippen LogP contribution is 2.31. The van der Waals surface area contributed by atoms with E-state index in [1.807, 2.05) is 6.92 Å². The maximum absolute atomic E-state index is 11.9. The van der Waals surface area contributed by atoms with E-state index in [4.69, 9.17) is 4.74 Å². The summed E-state index contributed by atoms with van der Waals surface area (Å²) in [5, 5.41) is 12.5. The molecule has 1 saturated heterocycles. The minimum atomic E-state index is -0.454. The summed E-state index contributed by atoms with van der Waals surface area (Å²) in [7, 11) is 0. The summed E-state index contributed by atoms with van der Waals surface area (Å²) >= 11 is 0. The SMILES string of the molecule is CCOc1cccc(/C=C2/NC(=O)N(CC)C2=O)c1O. The molecule has 3 amide bonds. The molecule has 1 aliphatic heterocycles. The molecule has 0 radical (unpaired) electrons. The Morgan fingerprint density at radius 3 is 2.70 bits per heavy atom. The highest BCUT2D eigenvalue weighted by Gasteiger charge is 2.32. The lowest BCUT2D eigenvalue weighted by atomic mass is 10.1. The second-order valence-corrected chi connectivity index (χ2v) is 4.16. The van der Waals surface area contributed by atoms with E-state index in [1.165, 1.54) is 6.08 Å². The smallest absolute Gasteiger partial charge is 0.328 e. The van der Waals surface area contributed by atoms with Crippen molar-refractivity contribution in [3.05, 3.63) is 29.5 Å². The Kier molecular flexibility index (Phi) is 3.93. The Balaban J connectivity index is 2.34. The van der Waals surface area contributed by atoms with Gasteiger partial charge in [-0.25, -0.2) is 4.79 Å². The van der Waals surface area contributed by atoms with Crippen LogP contribution in [0, 0.1) is 0 Å². The summed E-state index contributed by atoms with van der Waals surface area (Å²) in [5.41, 5.74) is 0.554. The maximum Gasteiger partial charge on any atom is 0.328 e. The number of ether oxygens (including phenoxy) is 1. The first kappa shape index (κ1) is 13.9. The number of phenols is 1. The van der Waals surface area contributed by atoms with Crippen LogP contribution in [0.15, 0.2) is 23.9 Å². The van der Waals surface area contributed by atoms with E-state index in [-0.39, 0.29) is 11.4 Å². The lowest BCUT2D eigenvalue weighted by Gasteiger charge is -2.08. The number of hydrogen-bond acceptors (Lipinski definition) is 4. The van der Waals surface area contributed by atoms with Crippen LogP contribution < -0.4 is 10.1 Å². The number of hydrogen-bond donors (Lipinski definition) is 2. The van der Waals surface area contributed by atoms with E-state index in [2.05, 4.69) is 5.32 Å². The van der Waals surface area contributed by atoms with Crippen molar-refractivity contribution >= 4 is 18.0 Å². The number of likely N-dealkylation sites (N-methyl/N-ethyl adjacent to an activating group) is 1. The van der Waals surface area contributed by atoms with Crippen molar-refractivity contribution < 1.29 is 19.4 Å². The third-order valence-electron chi connectivity index (χ3n) is 2.91. The second kappa shape index (κ2) is 5.64. The Hall–Kier alpha value is -2.50. The number of aromatic hydroxyl groups is 1. The monoisotopic (exact) mass is 276 g/mol. The van der Waals surface area contributed by atoms with E-state index in [0.29, 0.717) is 24.5 Å². The van der Waals surface area contributed by atoms with E-state index in [1.54, 1.807) is 25.1 Å². The number of rotatable bonds is 4. The van der Waals surface area contributed by atoms with Crippen LogP contribution in [0.25, 0.3) is 6.08 Å². The Bertz CT molecular complexity index is 581. The van der Waals surface area contributed by atoms with Gasteiger partial charge in [-0.2, -0.15) is 0 Å². The molecule has 0 saturated carbocycles. The molecule has 0 aromatic heterocycles. The first-order valence-corrected chi connectivity index (χ1v) is 6.37. The van der Waals surface area contributed by atoms with Crippen LogP contribution in [0.1, 0.15) is 19.4 Å². The molecule has 106 valence electrons. The molecule has 1 heterocycles. The second-order valence-electron chi connectivity index (χ2n) is 4.16. The van der Waals surface area contributed by atoms with Crippen LogP contribution >= 0.6 is 0 Å². The summed E-state index contributed by atoms with van der Waals surface area (Å²) in [6, 6.07) is 4.52. The normalized spacial score (nSPS) is 16.7. The quantitative estimate of drug-likeness (QED) is 0.648. The van der Waals surface area contributed by atoms with Crippen LogP contribution in [0.3, 0.4) is 0 Å². The van der Waals surface area contributed by atoms with Gasteiger partial charge in [-0.05, 0) is 26.0 Å². The number of amides is 3. The molecule has 1 aromatic carbocycles. The average Bonchev–Trinajstić information content (AvgIpc) is 2.69. The summed E-state index contributed by atoms with van der Waals surface area (Å²) in [5.74, 6) is -0.122. The maximum atomic E-state index is 11.9. The van der Waals surface area contributed by atoms with Gasteiger partial charge in [-0.3, -0.25) is 9.69 Å². The number of benzene rings is 1. The van der Waals surface area contributed by atoms with Gasteiger partial charge in [0, 0.05) is 12.1 Å². The molecule has 0 atom stereocenters. The molecule has 0 aliphatic carbocycles. The molecule has 20 heavy (non-hydrogen) atoms. The third kappa shape index (κ3) is 2.45. The number of nitrogens with one attached hydrogen (secondary N) is 1. The zero-order valence-electron chi connectivity index (χ0n) is 11.3. The highest BCUT2D eigenvalue weighted by atomic mass is 16.5. The topological polar surface area (TPSA) is 78.9 Å². The largest absolute Gasteiger partial charge is 0.504 e. The van der Waals surface area contributed by atoms with Gasteiger partial charge < -0.3 is 15.2 Å². The van der Waals surface area contributed by atoms with Crippen LogP contribution in [-0.4, -0.2) is 35.1 Å². The molecular weight excluding hydrogens is 260 g/mol. The van der Waals surface area contributed by atoms with Gasteiger partial charge in [0.1, 0.15) is 5.70 Å². The van der Waals surface area contributed by atoms with Gasteiger partial charge in [0.05, 0.1) is 6.61 Å². The van der Waals surface area contributed by atoms with E-state index in [9.17, 15) is 14.7 Å². The fraction of sp³-hybridized carbons (Fsp3) is 0.286. The molecule has 6 heteroatoms. The van der Waals surface area contributed by atoms with E-state index < -0.39 is 11.9 Å². The van der Waals surface area contributed by atoms with Gasteiger partial charge >= 0.3 is 6.03 Å². The van der Waals surface area contributed by atoms with Gasteiger partial charge in [0.25, 0.3) is 5.91 Å². The van der Waals surface area contributed by atoms with Gasteiger partial charge in [-0.15, -0.1) is 0 Å². The number of carbonyl (C=O) groups excluding carboxylic acids is 2. The van der Waals surface area contributed by atoms with Crippen molar-refractivity contribution in [2.45, 2.75) is 13.8 Å². The van der Waals surface area contributed by atoms with Gasteiger partial charge in [0.15, 0.2) is 11.5 Å². The van der Waals surface area contributed by atoms with Gasteiger partial charge in [-0.1, -0.05) is 12.1 Å². The molecule has 0 bridgehead atoms. The fourth-order valence-corrected chi connectivity index (χ4v) is 1.94. The Morgan fingerprint density at radius 2 is 2.10 bits per heavy atom. The minimum Gasteiger partial charge on any atom is -0.504 e. The van der Waals surface area contributed by atoms with Gasteiger partial charge in [0.2, 0.25) is 0 Å². The number of carbonyl (C=O) groups is 2. The first-order valence-electron chi connectivity index (χ1n) is 6.37. The third-order valence-corrected chi connectivity index (χ3v) is 2.91. The molecule has 1 fully saturated rings. The molecule has 1 aliphatic rings.